The molecule has 0 aliphatic heterocycles. The standard InChI is InChI=1S/C18H24N4OS/c1-11(23)18-21-15-10-20-14-7-8-24-17(14)16(15)22(18)13-5-3-12(4-6-13)9-19-2/h7-8,10-13,19,23H,3-6,9H2,1-2H3/t11-,12-,13-/m1/s1. The predicted molar refractivity (Wildman–Crippen MR) is 98.5 cm³/mol. The number of hydrogen-bond acceptors (Lipinski definition) is 5. The van der Waals surface area contributed by atoms with Crippen LogP contribution in [-0.2, 0) is 0 Å². The van der Waals surface area contributed by atoms with Crippen molar-refractivity contribution in [3.05, 3.63) is 23.5 Å². The van der Waals surface area contributed by atoms with E-state index in [0.29, 0.717) is 6.04 Å². The molecule has 4 rings (SSSR count). The fraction of sp³-hybridized carbons (Fsp3) is 0.556. The van der Waals surface area contributed by atoms with E-state index in [4.69, 9.17) is 4.98 Å². The Morgan fingerprint density at radius 2 is 2.12 bits per heavy atom. The molecule has 3 aromatic heterocycles. The van der Waals surface area contributed by atoms with Gasteiger partial charge in [-0.1, -0.05) is 0 Å². The average molecular weight is 344 g/mol. The summed E-state index contributed by atoms with van der Waals surface area (Å²) in [6, 6.07) is 2.48. The van der Waals surface area contributed by atoms with Gasteiger partial charge in [-0.15, -0.1) is 11.3 Å². The molecular weight excluding hydrogens is 320 g/mol. The molecule has 3 aromatic rings. The summed E-state index contributed by atoms with van der Waals surface area (Å²) in [5, 5.41) is 15.7. The molecule has 1 fully saturated rings. The van der Waals surface area contributed by atoms with Crippen LogP contribution in [0.1, 0.15) is 50.6 Å². The van der Waals surface area contributed by atoms with Gasteiger partial charge in [-0.2, -0.15) is 0 Å². The van der Waals surface area contributed by atoms with Gasteiger partial charge in [0.25, 0.3) is 0 Å². The quantitative estimate of drug-likeness (QED) is 0.758. The highest BCUT2D eigenvalue weighted by Crippen LogP contribution is 2.39. The van der Waals surface area contributed by atoms with E-state index in [1.54, 1.807) is 11.3 Å². The highest BCUT2D eigenvalue weighted by Gasteiger charge is 2.27. The molecule has 0 spiro atoms. The van der Waals surface area contributed by atoms with Gasteiger partial charge in [-0.25, -0.2) is 4.98 Å². The molecule has 0 bridgehead atoms. The summed E-state index contributed by atoms with van der Waals surface area (Å²) in [4.78, 5) is 9.23. The van der Waals surface area contributed by atoms with Crippen molar-refractivity contribution >= 4 is 32.6 Å². The molecule has 1 saturated carbocycles. The molecule has 1 atom stereocenters. The Balaban J connectivity index is 1.81. The van der Waals surface area contributed by atoms with Crippen LogP contribution >= 0.6 is 11.3 Å². The van der Waals surface area contributed by atoms with E-state index in [-0.39, 0.29) is 0 Å². The third kappa shape index (κ3) is 2.62. The number of hydrogen-bond donors (Lipinski definition) is 2. The second-order valence-electron chi connectivity index (χ2n) is 6.88. The molecule has 0 radical (unpaired) electrons. The lowest BCUT2D eigenvalue weighted by molar-refractivity contribution is 0.175. The van der Waals surface area contributed by atoms with Crippen molar-refractivity contribution in [1.29, 1.82) is 0 Å². The van der Waals surface area contributed by atoms with Gasteiger partial charge in [-0.05, 0) is 63.6 Å². The van der Waals surface area contributed by atoms with Crippen molar-refractivity contribution in [2.75, 3.05) is 13.6 Å². The number of fused-ring (bicyclic) bond motifs is 3. The topological polar surface area (TPSA) is 63.0 Å². The minimum atomic E-state index is -0.567. The maximum Gasteiger partial charge on any atom is 0.138 e. The van der Waals surface area contributed by atoms with E-state index >= 15 is 0 Å². The van der Waals surface area contributed by atoms with Gasteiger partial charge in [0.05, 0.1) is 21.9 Å². The van der Waals surface area contributed by atoms with Crippen molar-refractivity contribution < 1.29 is 5.11 Å². The Labute approximate surface area is 145 Å². The summed E-state index contributed by atoms with van der Waals surface area (Å²) >= 11 is 1.71. The van der Waals surface area contributed by atoms with Crippen LogP contribution in [0.5, 0.6) is 0 Å². The zero-order valence-corrected chi connectivity index (χ0v) is 15.0. The highest BCUT2D eigenvalue weighted by molar-refractivity contribution is 7.18. The molecule has 1 aliphatic carbocycles. The van der Waals surface area contributed by atoms with Crippen LogP contribution < -0.4 is 5.32 Å². The number of pyridine rings is 1. The first kappa shape index (κ1) is 16.0. The van der Waals surface area contributed by atoms with Gasteiger partial charge in [0.15, 0.2) is 0 Å². The Morgan fingerprint density at radius 1 is 1.33 bits per heavy atom. The van der Waals surface area contributed by atoms with Crippen LogP contribution in [-0.4, -0.2) is 33.2 Å². The molecule has 24 heavy (non-hydrogen) atoms. The van der Waals surface area contributed by atoms with E-state index < -0.39 is 6.10 Å². The molecule has 1 aliphatic rings. The van der Waals surface area contributed by atoms with Crippen molar-refractivity contribution in [1.82, 2.24) is 19.9 Å². The molecule has 3 heterocycles. The summed E-state index contributed by atoms with van der Waals surface area (Å²) in [5.74, 6) is 1.55. The number of rotatable bonds is 4. The van der Waals surface area contributed by atoms with Gasteiger partial charge < -0.3 is 15.0 Å². The maximum absolute atomic E-state index is 10.3. The first-order chi connectivity index (χ1) is 11.7. The molecule has 0 amide bonds. The van der Waals surface area contributed by atoms with E-state index in [1.165, 1.54) is 17.5 Å². The fourth-order valence-corrected chi connectivity index (χ4v) is 4.95. The third-order valence-electron chi connectivity index (χ3n) is 5.20. The lowest BCUT2D eigenvalue weighted by Crippen LogP contribution is -2.26. The lowest BCUT2D eigenvalue weighted by atomic mass is 9.85. The Bertz CT molecular complexity index is 845. The number of aromatic nitrogens is 3. The first-order valence-corrected chi connectivity index (χ1v) is 9.63. The largest absolute Gasteiger partial charge is 0.385 e. The lowest BCUT2D eigenvalue weighted by Gasteiger charge is -2.31. The predicted octanol–water partition coefficient (Wildman–Crippen LogP) is 3.65. The summed E-state index contributed by atoms with van der Waals surface area (Å²) in [7, 11) is 2.03. The Hall–Kier alpha value is -1.50. The average Bonchev–Trinajstić information content (AvgIpc) is 3.19. The zero-order chi connectivity index (χ0) is 16.7. The van der Waals surface area contributed by atoms with Gasteiger partial charge in [0, 0.05) is 6.04 Å². The Morgan fingerprint density at radius 3 is 2.83 bits per heavy atom. The fourth-order valence-electron chi connectivity index (χ4n) is 4.06. The van der Waals surface area contributed by atoms with Crippen LogP contribution in [0.25, 0.3) is 21.3 Å². The number of imidazole rings is 1. The van der Waals surface area contributed by atoms with Gasteiger partial charge in [-0.3, -0.25) is 4.98 Å². The molecule has 0 unspecified atom stereocenters. The summed E-state index contributed by atoms with van der Waals surface area (Å²) in [6.07, 6.45) is 6.02. The van der Waals surface area contributed by atoms with E-state index in [1.807, 2.05) is 20.2 Å². The minimum absolute atomic E-state index is 0.417. The third-order valence-corrected chi connectivity index (χ3v) is 6.11. The van der Waals surface area contributed by atoms with Gasteiger partial charge >= 0.3 is 0 Å². The molecule has 128 valence electrons. The monoisotopic (exact) mass is 344 g/mol. The van der Waals surface area contributed by atoms with Crippen LogP contribution in [0.15, 0.2) is 17.6 Å². The van der Waals surface area contributed by atoms with Crippen molar-refractivity contribution in [3.8, 4) is 0 Å². The van der Waals surface area contributed by atoms with Crippen molar-refractivity contribution in [2.24, 2.45) is 5.92 Å². The summed E-state index contributed by atoms with van der Waals surface area (Å²) in [5.41, 5.74) is 3.08. The number of aliphatic hydroxyl groups excluding tert-OH is 1. The summed E-state index contributed by atoms with van der Waals surface area (Å²) < 4.78 is 3.50. The number of nitrogens with zero attached hydrogens (tertiary/aromatic N) is 3. The van der Waals surface area contributed by atoms with E-state index in [2.05, 4.69) is 26.3 Å². The van der Waals surface area contributed by atoms with Gasteiger partial charge in [0.1, 0.15) is 17.4 Å². The van der Waals surface area contributed by atoms with Crippen LogP contribution in [0.3, 0.4) is 0 Å². The first-order valence-electron chi connectivity index (χ1n) is 8.75. The minimum Gasteiger partial charge on any atom is -0.385 e. The normalized spacial score (nSPS) is 23.1. The molecule has 0 aromatic carbocycles. The number of thiophene rings is 1. The van der Waals surface area contributed by atoms with Crippen LogP contribution in [0.2, 0.25) is 0 Å². The van der Waals surface area contributed by atoms with Crippen LogP contribution in [0.4, 0.5) is 0 Å². The van der Waals surface area contributed by atoms with E-state index in [9.17, 15) is 5.11 Å². The van der Waals surface area contributed by atoms with Crippen molar-refractivity contribution in [2.45, 2.75) is 44.8 Å². The van der Waals surface area contributed by atoms with Crippen LogP contribution in [0, 0.1) is 5.92 Å². The number of aliphatic hydroxyl groups is 1. The van der Waals surface area contributed by atoms with Crippen molar-refractivity contribution in [3.63, 3.8) is 0 Å². The second-order valence-corrected chi connectivity index (χ2v) is 7.79. The van der Waals surface area contributed by atoms with Gasteiger partial charge in [0.2, 0.25) is 0 Å². The SMILES string of the molecule is CNC[C@H]1CC[C@H](n2c([C@@H](C)O)nc3cnc4ccsc4c32)CC1. The maximum atomic E-state index is 10.3. The highest BCUT2D eigenvalue weighted by atomic mass is 32.1. The Kier molecular flexibility index (Phi) is 4.28. The summed E-state index contributed by atoms with van der Waals surface area (Å²) in [6.45, 7) is 2.91. The molecular formula is C18H24N4OS. The second kappa shape index (κ2) is 6.43. The molecule has 6 heteroatoms. The molecule has 0 saturated heterocycles. The zero-order valence-electron chi connectivity index (χ0n) is 14.2. The smallest absolute Gasteiger partial charge is 0.138 e. The molecule has 5 nitrogen and oxygen atoms in total. The molecule has 2 N–H and O–H groups in total. The van der Waals surface area contributed by atoms with E-state index in [0.717, 1.165) is 47.7 Å². The number of nitrogens with one attached hydrogen (secondary N) is 1.